The van der Waals surface area contributed by atoms with E-state index in [1.807, 2.05) is 6.07 Å². The zero-order valence-corrected chi connectivity index (χ0v) is 12.7. The molecule has 1 aromatic rings. The van der Waals surface area contributed by atoms with Crippen LogP contribution in [0.25, 0.3) is 0 Å². The van der Waals surface area contributed by atoms with E-state index in [1.54, 1.807) is 0 Å². The predicted molar refractivity (Wildman–Crippen MR) is 80.9 cm³/mol. The first kappa shape index (κ1) is 14.6. The van der Waals surface area contributed by atoms with E-state index in [0.29, 0.717) is 12.1 Å². The lowest BCUT2D eigenvalue weighted by Crippen LogP contribution is -2.32. The van der Waals surface area contributed by atoms with E-state index in [-0.39, 0.29) is 0 Å². The summed E-state index contributed by atoms with van der Waals surface area (Å²) in [6.07, 6.45) is 2.47. The molecule has 0 aliphatic carbocycles. The van der Waals surface area contributed by atoms with Gasteiger partial charge in [0, 0.05) is 29.9 Å². The molecule has 0 spiro atoms. The van der Waals surface area contributed by atoms with E-state index in [9.17, 15) is 0 Å². The molecule has 0 saturated carbocycles. The van der Waals surface area contributed by atoms with Crippen LogP contribution in [0.4, 0.5) is 5.69 Å². The van der Waals surface area contributed by atoms with E-state index in [1.165, 1.54) is 0 Å². The van der Waals surface area contributed by atoms with Gasteiger partial charge in [0.25, 0.3) is 0 Å². The fraction of sp³-hybridized carbons (Fsp3) is 0.600. The number of nitrogens with one attached hydrogen (secondary N) is 1. The molecule has 1 fully saturated rings. The summed E-state index contributed by atoms with van der Waals surface area (Å²) in [5.74, 6) is 0. The molecule has 1 N–H and O–H groups in total. The molecule has 1 aromatic carbocycles. The monoisotopic (exact) mass is 282 g/mol. The van der Waals surface area contributed by atoms with Crippen molar-refractivity contribution in [2.24, 2.45) is 0 Å². The van der Waals surface area contributed by atoms with Crippen LogP contribution in [0.3, 0.4) is 0 Å². The molecule has 4 heteroatoms. The maximum absolute atomic E-state index is 6.23. The summed E-state index contributed by atoms with van der Waals surface area (Å²) in [6, 6.07) is 6.69. The maximum Gasteiger partial charge on any atom is 0.0566 e. The summed E-state index contributed by atoms with van der Waals surface area (Å²) in [5.41, 5.74) is 2.32. The lowest BCUT2D eigenvalue weighted by molar-refractivity contribution is 0.0232. The molecule has 106 valence electrons. The Hall–Kier alpha value is -0.770. The van der Waals surface area contributed by atoms with Gasteiger partial charge in [-0.25, -0.2) is 0 Å². The average molecular weight is 283 g/mol. The van der Waals surface area contributed by atoms with E-state index in [4.69, 9.17) is 16.3 Å². The standard InChI is InChI=1S/C15H23ClN2O/c1-11-8-14(6-7-19-11)17-13-4-5-15(16)12(9-13)10-18(2)3/h4-5,9,11,14,17H,6-8,10H2,1-3H3/t11-,14-/m1/s1. The zero-order valence-electron chi connectivity index (χ0n) is 11.9. The summed E-state index contributed by atoms with van der Waals surface area (Å²) in [7, 11) is 4.10. The molecular formula is C15H23ClN2O. The average Bonchev–Trinajstić information content (AvgIpc) is 2.33. The number of rotatable bonds is 4. The van der Waals surface area contributed by atoms with Gasteiger partial charge in [0.05, 0.1) is 6.10 Å². The van der Waals surface area contributed by atoms with Crippen LogP contribution in [-0.2, 0) is 11.3 Å². The highest BCUT2D eigenvalue weighted by Crippen LogP contribution is 2.24. The van der Waals surface area contributed by atoms with Gasteiger partial charge in [-0.15, -0.1) is 0 Å². The molecule has 1 aliphatic rings. The van der Waals surface area contributed by atoms with E-state index >= 15 is 0 Å². The second-order valence-electron chi connectivity index (χ2n) is 5.59. The topological polar surface area (TPSA) is 24.5 Å². The second-order valence-corrected chi connectivity index (χ2v) is 6.00. The first-order chi connectivity index (χ1) is 9.04. The third-order valence-electron chi connectivity index (χ3n) is 3.39. The first-order valence-electron chi connectivity index (χ1n) is 6.86. The number of nitrogens with zero attached hydrogens (tertiary/aromatic N) is 1. The zero-order chi connectivity index (χ0) is 13.8. The summed E-state index contributed by atoms with van der Waals surface area (Å²) in [6.45, 7) is 3.84. The van der Waals surface area contributed by atoms with Crippen molar-refractivity contribution in [3.05, 3.63) is 28.8 Å². The smallest absolute Gasteiger partial charge is 0.0566 e. The van der Waals surface area contributed by atoms with Crippen molar-refractivity contribution >= 4 is 17.3 Å². The van der Waals surface area contributed by atoms with Crippen molar-refractivity contribution in [3.63, 3.8) is 0 Å². The first-order valence-corrected chi connectivity index (χ1v) is 7.23. The van der Waals surface area contributed by atoms with Gasteiger partial charge in [-0.2, -0.15) is 0 Å². The van der Waals surface area contributed by atoms with Crippen LogP contribution in [0.2, 0.25) is 5.02 Å². The number of anilines is 1. The highest BCUT2D eigenvalue weighted by Gasteiger charge is 2.19. The molecule has 2 rings (SSSR count). The largest absolute Gasteiger partial charge is 0.382 e. The Balaban J connectivity index is 2.03. The summed E-state index contributed by atoms with van der Waals surface area (Å²) in [5, 5.41) is 4.43. The summed E-state index contributed by atoms with van der Waals surface area (Å²) >= 11 is 6.23. The van der Waals surface area contributed by atoms with Crippen LogP contribution in [0.1, 0.15) is 25.3 Å². The van der Waals surface area contributed by atoms with Gasteiger partial charge >= 0.3 is 0 Å². The normalized spacial score (nSPS) is 23.6. The minimum absolute atomic E-state index is 0.347. The highest BCUT2D eigenvalue weighted by molar-refractivity contribution is 6.31. The van der Waals surface area contributed by atoms with Crippen LogP contribution in [0, 0.1) is 0 Å². The Kier molecular flexibility index (Phi) is 5.08. The molecule has 0 unspecified atom stereocenters. The fourth-order valence-electron chi connectivity index (χ4n) is 2.49. The number of hydrogen-bond donors (Lipinski definition) is 1. The minimum Gasteiger partial charge on any atom is -0.382 e. The van der Waals surface area contributed by atoms with Crippen molar-refractivity contribution < 1.29 is 4.74 Å². The van der Waals surface area contributed by atoms with E-state index < -0.39 is 0 Å². The van der Waals surface area contributed by atoms with Crippen molar-refractivity contribution in [3.8, 4) is 0 Å². The lowest BCUT2D eigenvalue weighted by atomic mass is 10.0. The number of halogens is 1. The maximum atomic E-state index is 6.23. The van der Waals surface area contributed by atoms with Crippen molar-refractivity contribution in [1.82, 2.24) is 4.90 Å². The van der Waals surface area contributed by atoms with Crippen molar-refractivity contribution in [2.45, 2.75) is 38.5 Å². The van der Waals surface area contributed by atoms with Gasteiger partial charge in [-0.05, 0) is 57.6 Å². The van der Waals surface area contributed by atoms with Crippen LogP contribution in [-0.4, -0.2) is 37.7 Å². The van der Waals surface area contributed by atoms with E-state index in [2.05, 4.69) is 43.4 Å². The molecule has 2 atom stereocenters. The molecule has 1 heterocycles. The van der Waals surface area contributed by atoms with Gasteiger partial charge in [-0.1, -0.05) is 11.6 Å². The van der Waals surface area contributed by atoms with Crippen LogP contribution < -0.4 is 5.32 Å². The Bertz CT molecular complexity index is 423. The highest BCUT2D eigenvalue weighted by atomic mass is 35.5. The molecular weight excluding hydrogens is 260 g/mol. The summed E-state index contributed by atoms with van der Waals surface area (Å²) in [4.78, 5) is 2.13. The number of ether oxygens (including phenoxy) is 1. The molecule has 19 heavy (non-hydrogen) atoms. The SMILES string of the molecule is C[C@@H]1C[C@H](Nc2ccc(Cl)c(CN(C)C)c2)CCO1. The van der Waals surface area contributed by atoms with Crippen LogP contribution in [0.5, 0.6) is 0 Å². The predicted octanol–water partition coefficient (Wildman–Crippen LogP) is 3.38. The quantitative estimate of drug-likeness (QED) is 0.916. The number of hydrogen-bond acceptors (Lipinski definition) is 3. The third-order valence-corrected chi connectivity index (χ3v) is 3.76. The van der Waals surface area contributed by atoms with Crippen molar-refractivity contribution in [2.75, 3.05) is 26.0 Å². The molecule has 0 aromatic heterocycles. The van der Waals surface area contributed by atoms with Crippen LogP contribution in [0.15, 0.2) is 18.2 Å². The molecule has 0 radical (unpaired) electrons. The Morgan fingerprint density at radius 1 is 1.42 bits per heavy atom. The number of benzene rings is 1. The Morgan fingerprint density at radius 2 is 2.21 bits per heavy atom. The van der Waals surface area contributed by atoms with Gasteiger partial charge in [-0.3, -0.25) is 0 Å². The molecule has 3 nitrogen and oxygen atoms in total. The second kappa shape index (κ2) is 6.60. The van der Waals surface area contributed by atoms with Crippen molar-refractivity contribution in [1.29, 1.82) is 0 Å². The van der Waals surface area contributed by atoms with E-state index in [0.717, 1.165) is 42.3 Å². The minimum atomic E-state index is 0.347. The molecule has 0 amide bonds. The van der Waals surface area contributed by atoms with Gasteiger partial charge in [0.1, 0.15) is 0 Å². The molecule has 1 aliphatic heterocycles. The lowest BCUT2D eigenvalue weighted by Gasteiger charge is -2.29. The van der Waals surface area contributed by atoms with Crippen LogP contribution >= 0.6 is 11.6 Å². The van der Waals surface area contributed by atoms with Gasteiger partial charge in [0.15, 0.2) is 0 Å². The van der Waals surface area contributed by atoms with Gasteiger partial charge in [0.2, 0.25) is 0 Å². The molecule has 0 bridgehead atoms. The third kappa shape index (κ3) is 4.37. The van der Waals surface area contributed by atoms with Gasteiger partial charge < -0.3 is 15.0 Å². The fourth-order valence-corrected chi connectivity index (χ4v) is 2.67. The molecule has 1 saturated heterocycles. The summed E-state index contributed by atoms with van der Waals surface area (Å²) < 4.78 is 5.57. The Morgan fingerprint density at radius 3 is 2.89 bits per heavy atom. The Labute approximate surface area is 120 Å².